The number of carbonyl (C=O) groups is 1. The molecule has 0 unspecified atom stereocenters. The molecule has 0 heterocycles. The van der Waals surface area contributed by atoms with Crippen LogP contribution in [0.1, 0.15) is 20.3 Å². The van der Waals surface area contributed by atoms with Crippen LogP contribution in [0.15, 0.2) is 0 Å². The maximum Gasteiger partial charge on any atom is 0.304 e. The molecule has 0 aromatic rings. The van der Waals surface area contributed by atoms with Crippen LogP contribution in [0.4, 0.5) is 0 Å². The Morgan fingerprint density at radius 3 is 2.60 bits per heavy atom. The van der Waals surface area contributed by atoms with Gasteiger partial charge in [-0.15, -0.1) is 0 Å². The van der Waals surface area contributed by atoms with E-state index >= 15 is 0 Å². The second-order valence-electron chi connectivity index (χ2n) is 2.11. The normalized spacial score (nSPS) is 10.3. The van der Waals surface area contributed by atoms with E-state index in [0.29, 0.717) is 11.0 Å². The first-order valence-electron chi connectivity index (χ1n) is 3.13. The van der Waals surface area contributed by atoms with Gasteiger partial charge in [0, 0.05) is 11.0 Å². The number of aliphatic carboxylic acids is 1. The van der Waals surface area contributed by atoms with Crippen LogP contribution in [-0.2, 0) is 4.79 Å². The summed E-state index contributed by atoms with van der Waals surface area (Å²) in [5.41, 5.74) is 0. The van der Waals surface area contributed by atoms with Gasteiger partial charge >= 0.3 is 5.97 Å². The van der Waals surface area contributed by atoms with Gasteiger partial charge in [-0.25, -0.2) is 0 Å². The van der Waals surface area contributed by atoms with Gasteiger partial charge in [-0.05, 0) is 0 Å². The molecule has 0 amide bonds. The first-order chi connectivity index (χ1) is 4.63. The lowest BCUT2D eigenvalue weighted by molar-refractivity contribution is -0.136. The molecular weight excluding hydrogens is 168 g/mol. The molecule has 0 saturated heterocycles. The minimum absolute atomic E-state index is 0.268. The van der Waals surface area contributed by atoms with Crippen molar-refractivity contribution in [2.75, 3.05) is 5.75 Å². The summed E-state index contributed by atoms with van der Waals surface area (Å²) in [4.78, 5) is 10.0. The molecule has 1 N–H and O–H groups in total. The van der Waals surface area contributed by atoms with Crippen LogP contribution in [0.5, 0.6) is 0 Å². The van der Waals surface area contributed by atoms with E-state index in [1.54, 1.807) is 21.6 Å². The zero-order valence-electron chi connectivity index (χ0n) is 6.16. The SMILES string of the molecule is CC(C)SSCCC(=O)O. The molecule has 0 aromatic heterocycles. The lowest BCUT2D eigenvalue weighted by atomic mass is 10.5. The van der Waals surface area contributed by atoms with Crippen LogP contribution in [-0.4, -0.2) is 22.1 Å². The zero-order chi connectivity index (χ0) is 7.98. The lowest BCUT2D eigenvalue weighted by Crippen LogP contribution is -1.95. The van der Waals surface area contributed by atoms with Gasteiger partial charge in [-0.2, -0.15) is 0 Å². The van der Waals surface area contributed by atoms with Gasteiger partial charge in [0.15, 0.2) is 0 Å². The zero-order valence-corrected chi connectivity index (χ0v) is 7.80. The average Bonchev–Trinajstić information content (AvgIpc) is 1.79. The quantitative estimate of drug-likeness (QED) is 0.520. The van der Waals surface area contributed by atoms with Crippen LogP contribution in [0, 0.1) is 0 Å². The van der Waals surface area contributed by atoms with Crippen molar-refractivity contribution in [3.8, 4) is 0 Å². The molecule has 0 atom stereocenters. The Kier molecular flexibility index (Phi) is 6.02. The summed E-state index contributed by atoms with van der Waals surface area (Å²) >= 11 is 0. The highest BCUT2D eigenvalue weighted by Crippen LogP contribution is 2.26. The van der Waals surface area contributed by atoms with Crippen LogP contribution in [0.25, 0.3) is 0 Å². The second kappa shape index (κ2) is 5.92. The molecule has 0 radical (unpaired) electrons. The van der Waals surface area contributed by atoms with Gasteiger partial charge in [0.05, 0.1) is 6.42 Å². The third-order valence-electron chi connectivity index (χ3n) is 0.660. The van der Waals surface area contributed by atoms with E-state index in [9.17, 15) is 4.79 Å². The monoisotopic (exact) mass is 180 g/mol. The molecule has 0 rings (SSSR count). The van der Waals surface area contributed by atoms with E-state index < -0.39 is 5.97 Å². The molecule has 0 fully saturated rings. The van der Waals surface area contributed by atoms with Crippen molar-refractivity contribution in [2.45, 2.75) is 25.5 Å². The van der Waals surface area contributed by atoms with Gasteiger partial charge < -0.3 is 5.11 Å². The Bertz CT molecular complexity index is 104. The minimum Gasteiger partial charge on any atom is -0.481 e. The minimum atomic E-state index is -0.711. The van der Waals surface area contributed by atoms with Crippen molar-refractivity contribution >= 4 is 27.6 Å². The summed E-state index contributed by atoms with van der Waals surface area (Å²) in [5.74, 6) is -0.00472. The first kappa shape index (κ1) is 10.2. The molecule has 0 aromatic carbocycles. The van der Waals surface area contributed by atoms with Gasteiger partial charge in [0.1, 0.15) is 0 Å². The van der Waals surface area contributed by atoms with Gasteiger partial charge in [-0.3, -0.25) is 4.79 Å². The molecule has 4 heteroatoms. The summed E-state index contributed by atoms with van der Waals surface area (Å²) in [6.45, 7) is 4.19. The highest BCUT2D eigenvalue weighted by atomic mass is 33.1. The Hall–Kier alpha value is 0.170. The molecular formula is C6H12O2S2. The third kappa shape index (κ3) is 8.17. The summed E-state index contributed by atoms with van der Waals surface area (Å²) in [7, 11) is 3.35. The Morgan fingerprint density at radius 1 is 1.60 bits per heavy atom. The van der Waals surface area contributed by atoms with Crippen molar-refractivity contribution in [1.82, 2.24) is 0 Å². The van der Waals surface area contributed by atoms with Gasteiger partial charge in [0.25, 0.3) is 0 Å². The molecule has 0 saturated carbocycles. The van der Waals surface area contributed by atoms with E-state index in [2.05, 4.69) is 13.8 Å². The van der Waals surface area contributed by atoms with Crippen LogP contribution in [0.3, 0.4) is 0 Å². The smallest absolute Gasteiger partial charge is 0.304 e. The number of hydrogen-bond donors (Lipinski definition) is 1. The molecule has 60 valence electrons. The van der Waals surface area contributed by atoms with Crippen LogP contribution >= 0.6 is 21.6 Å². The molecule has 0 aliphatic heterocycles. The summed E-state index contributed by atoms with van der Waals surface area (Å²) < 4.78 is 0. The van der Waals surface area contributed by atoms with Crippen molar-refractivity contribution < 1.29 is 9.90 Å². The molecule has 2 nitrogen and oxygen atoms in total. The van der Waals surface area contributed by atoms with Gasteiger partial charge in [-0.1, -0.05) is 35.4 Å². The average molecular weight is 180 g/mol. The number of carboxylic acid groups (broad SMARTS) is 1. The highest BCUT2D eigenvalue weighted by molar-refractivity contribution is 8.76. The van der Waals surface area contributed by atoms with E-state index in [4.69, 9.17) is 5.11 Å². The number of rotatable bonds is 5. The molecule has 0 bridgehead atoms. The fourth-order valence-electron chi connectivity index (χ4n) is 0.313. The van der Waals surface area contributed by atoms with E-state index in [1.807, 2.05) is 0 Å². The largest absolute Gasteiger partial charge is 0.481 e. The van der Waals surface area contributed by atoms with E-state index in [0.717, 1.165) is 0 Å². The number of carboxylic acids is 1. The molecule has 0 spiro atoms. The Labute approximate surface area is 69.2 Å². The van der Waals surface area contributed by atoms with E-state index in [1.165, 1.54) is 0 Å². The molecule has 0 aliphatic rings. The van der Waals surface area contributed by atoms with Gasteiger partial charge in [0.2, 0.25) is 0 Å². The Morgan fingerprint density at radius 2 is 2.20 bits per heavy atom. The summed E-state index contributed by atoms with van der Waals surface area (Å²) in [6, 6.07) is 0. The number of hydrogen-bond acceptors (Lipinski definition) is 3. The van der Waals surface area contributed by atoms with Crippen molar-refractivity contribution in [1.29, 1.82) is 0 Å². The van der Waals surface area contributed by atoms with Crippen molar-refractivity contribution in [3.05, 3.63) is 0 Å². The van der Waals surface area contributed by atoms with E-state index in [-0.39, 0.29) is 6.42 Å². The van der Waals surface area contributed by atoms with Crippen molar-refractivity contribution in [2.24, 2.45) is 0 Å². The fraction of sp³-hybridized carbons (Fsp3) is 0.833. The maximum absolute atomic E-state index is 10.0. The summed E-state index contributed by atoms with van der Waals surface area (Å²) in [5, 5.41) is 8.84. The summed E-state index contributed by atoms with van der Waals surface area (Å²) in [6.07, 6.45) is 0.268. The second-order valence-corrected chi connectivity index (χ2v) is 5.17. The Balaban J connectivity index is 2.98. The topological polar surface area (TPSA) is 37.3 Å². The predicted octanol–water partition coefficient (Wildman–Crippen LogP) is 2.25. The molecule has 0 aliphatic carbocycles. The lowest BCUT2D eigenvalue weighted by Gasteiger charge is -2.00. The third-order valence-corrected chi connectivity index (χ3v) is 3.61. The molecule has 10 heavy (non-hydrogen) atoms. The van der Waals surface area contributed by atoms with Crippen LogP contribution in [0.2, 0.25) is 0 Å². The predicted molar refractivity (Wildman–Crippen MR) is 47.4 cm³/mol. The van der Waals surface area contributed by atoms with Crippen LogP contribution < -0.4 is 0 Å². The highest BCUT2D eigenvalue weighted by Gasteiger charge is 1.98. The standard InChI is InChI=1S/C6H12O2S2/c1-5(2)10-9-4-3-6(7)8/h5H,3-4H2,1-2H3,(H,7,8). The van der Waals surface area contributed by atoms with Crippen molar-refractivity contribution in [3.63, 3.8) is 0 Å². The first-order valence-corrected chi connectivity index (χ1v) is 5.51. The fourth-order valence-corrected chi connectivity index (χ4v) is 2.29. The maximum atomic E-state index is 10.0.